The van der Waals surface area contributed by atoms with Gasteiger partial charge in [0.1, 0.15) is 5.60 Å². The van der Waals surface area contributed by atoms with Crippen LogP contribution < -0.4 is 5.32 Å². The fourth-order valence-electron chi connectivity index (χ4n) is 0.888. The van der Waals surface area contributed by atoms with E-state index in [0.717, 1.165) is 0 Å². The van der Waals surface area contributed by atoms with Gasteiger partial charge in [-0.1, -0.05) is 0 Å². The summed E-state index contributed by atoms with van der Waals surface area (Å²) in [5.41, 5.74) is -1.98. The van der Waals surface area contributed by atoms with Crippen molar-refractivity contribution in [2.45, 2.75) is 26.4 Å². The molecule has 17 heavy (non-hydrogen) atoms. The Morgan fingerprint density at radius 2 is 1.82 bits per heavy atom. The molecule has 5 heteroatoms. The van der Waals surface area contributed by atoms with Crippen LogP contribution in [0.4, 0.5) is 10.5 Å². The Labute approximate surface area is 105 Å². The Bertz CT molecular complexity index is 581. The summed E-state index contributed by atoms with van der Waals surface area (Å²) in [6, 6.07) is -2.79. The molecule has 0 saturated heterocycles. The van der Waals surface area contributed by atoms with Crippen LogP contribution in [0.1, 0.15) is 36.6 Å². The number of carboxylic acids is 1. The number of hydrogen-bond donors (Lipinski definition) is 2. The number of carboxylic acid groups (broad SMARTS) is 1. The third-order valence-corrected chi connectivity index (χ3v) is 1.46. The van der Waals surface area contributed by atoms with Gasteiger partial charge in [-0.15, -0.1) is 0 Å². The normalized spacial score (nSPS) is 14.1. The number of benzene rings is 1. The van der Waals surface area contributed by atoms with Gasteiger partial charge in [0.15, 0.2) is 0 Å². The second-order valence-electron chi connectivity index (χ2n) is 4.18. The molecule has 2 N–H and O–H groups in total. The largest absolute Gasteiger partial charge is 0.478 e. The van der Waals surface area contributed by atoms with Crippen LogP contribution in [0, 0.1) is 0 Å². The molecule has 0 fully saturated rings. The Hall–Kier alpha value is -2.04. The molecular formula is C12H15NO4. The lowest BCUT2D eigenvalue weighted by molar-refractivity contribution is 0.0634. The Morgan fingerprint density at radius 3 is 2.24 bits per heavy atom. The van der Waals surface area contributed by atoms with E-state index in [9.17, 15) is 9.59 Å². The van der Waals surface area contributed by atoms with Crippen molar-refractivity contribution in [1.29, 1.82) is 0 Å². The molecule has 1 aromatic carbocycles. The van der Waals surface area contributed by atoms with Crippen LogP contribution in [0.25, 0.3) is 0 Å². The quantitative estimate of drug-likeness (QED) is 0.834. The zero-order chi connectivity index (χ0) is 16.5. The molecule has 1 amide bonds. The first-order valence-electron chi connectivity index (χ1n) is 6.79. The highest BCUT2D eigenvalue weighted by Crippen LogP contribution is 2.12. The van der Waals surface area contributed by atoms with Gasteiger partial charge in [0.05, 0.1) is 11.0 Å². The number of anilines is 1. The van der Waals surface area contributed by atoms with Gasteiger partial charge in [-0.25, -0.2) is 9.59 Å². The van der Waals surface area contributed by atoms with E-state index in [4.69, 9.17) is 15.3 Å². The van der Waals surface area contributed by atoms with Crippen molar-refractivity contribution in [3.63, 3.8) is 0 Å². The van der Waals surface area contributed by atoms with Crippen LogP contribution in [0.2, 0.25) is 0 Å². The van der Waals surface area contributed by atoms with Crippen LogP contribution >= 0.6 is 0 Å². The lowest BCUT2D eigenvalue weighted by Crippen LogP contribution is -2.27. The summed E-state index contributed by atoms with van der Waals surface area (Å²) in [6.07, 6.45) is -0.952. The Kier molecular flexibility index (Phi) is 2.32. The van der Waals surface area contributed by atoms with Crippen molar-refractivity contribution in [2.75, 3.05) is 5.32 Å². The van der Waals surface area contributed by atoms with Crippen molar-refractivity contribution in [3.05, 3.63) is 29.7 Å². The predicted octanol–water partition coefficient (Wildman–Crippen LogP) is 2.73. The molecule has 0 bridgehead atoms. The molecule has 0 atom stereocenters. The van der Waals surface area contributed by atoms with Gasteiger partial charge < -0.3 is 9.84 Å². The number of nitrogens with one attached hydrogen (secondary N) is 1. The summed E-state index contributed by atoms with van der Waals surface area (Å²) in [5, 5.41) is 11.0. The van der Waals surface area contributed by atoms with E-state index in [1.807, 2.05) is 0 Å². The van der Waals surface area contributed by atoms with E-state index in [1.54, 1.807) is 20.8 Å². The summed E-state index contributed by atoms with van der Waals surface area (Å²) in [4.78, 5) is 22.6. The van der Waals surface area contributed by atoms with E-state index in [1.165, 1.54) is 0 Å². The monoisotopic (exact) mass is 241 g/mol. The van der Waals surface area contributed by atoms with Gasteiger partial charge in [0.2, 0.25) is 0 Å². The number of carbonyl (C=O) groups excluding carboxylic acids is 1. The molecule has 92 valence electrons. The third kappa shape index (κ3) is 4.55. The second-order valence-corrected chi connectivity index (χ2v) is 4.18. The lowest BCUT2D eigenvalue weighted by Gasteiger charge is -2.19. The van der Waals surface area contributed by atoms with Gasteiger partial charge in [-0.2, -0.15) is 0 Å². The summed E-state index contributed by atoms with van der Waals surface area (Å²) in [6.45, 7) is 4.86. The minimum atomic E-state index is -1.57. The molecule has 5 nitrogen and oxygen atoms in total. The third-order valence-electron chi connectivity index (χ3n) is 1.46. The molecule has 0 unspecified atom stereocenters. The maximum Gasteiger partial charge on any atom is 0.412 e. The summed E-state index contributed by atoms with van der Waals surface area (Å²) in [5.74, 6) is -1.57. The van der Waals surface area contributed by atoms with Crippen LogP contribution in [0.15, 0.2) is 24.2 Å². The van der Waals surface area contributed by atoms with E-state index >= 15 is 0 Å². The molecule has 0 heterocycles. The fourth-order valence-corrected chi connectivity index (χ4v) is 0.888. The molecule has 0 aliphatic heterocycles. The molecule has 1 aromatic rings. The Balaban J connectivity index is 3.27. The summed E-state index contributed by atoms with van der Waals surface area (Å²) in [7, 11) is 0. The predicted molar refractivity (Wildman–Crippen MR) is 63.3 cm³/mol. The first kappa shape index (κ1) is 8.11. The maximum absolute atomic E-state index is 11.6. The molecule has 0 aliphatic rings. The average Bonchev–Trinajstić information content (AvgIpc) is 2.29. The number of hydrogen-bond acceptors (Lipinski definition) is 3. The van der Waals surface area contributed by atoms with Gasteiger partial charge >= 0.3 is 12.1 Å². The van der Waals surface area contributed by atoms with Gasteiger partial charge in [0.25, 0.3) is 0 Å². The molecule has 0 aromatic heterocycles. The molecule has 0 radical (unpaired) electrons. The topological polar surface area (TPSA) is 75.6 Å². The minimum absolute atomic E-state index is 0.427. The van der Waals surface area contributed by atoms with Gasteiger partial charge in [0, 0.05) is 5.69 Å². The molecule has 1 rings (SSSR count). The van der Waals surface area contributed by atoms with Crippen LogP contribution in [-0.4, -0.2) is 22.8 Å². The maximum atomic E-state index is 11.6. The Morgan fingerprint density at radius 1 is 1.29 bits per heavy atom. The average molecular weight is 241 g/mol. The van der Waals surface area contributed by atoms with Crippen molar-refractivity contribution in [2.24, 2.45) is 0 Å². The van der Waals surface area contributed by atoms with Crippen LogP contribution in [-0.2, 0) is 4.74 Å². The van der Waals surface area contributed by atoms with E-state index in [-0.39, 0.29) is 0 Å². The minimum Gasteiger partial charge on any atom is -0.478 e. The molecular weight excluding hydrogens is 222 g/mol. The second kappa shape index (κ2) is 4.86. The zero-order valence-electron chi connectivity index (χ0n) is 13.7. The van der Waals surface area contributed by atoms with Crippen LogP contribution in [0.3, 0.4) is 0 Å². The van der Waals surface area contributed by atoms with E-state index in [2.05, 4.69) is 5.32 Å². The molecule has 0 spiro atoms. The van der Waals surface area contributed by atoms with Crippen molar-refractivity contribution < 1.29 is 24.9 Å². The van der Waals surface area contributed by atoms with Crippen molar-refractivity contribution in [1.82, 2.24) is 0 Å². The highest BCUT2D eigenvalue weighted by atomic mass is 16.6. The van der Waals surface area contributed by atoms with E-state index < -0.39 is 53.1 Å². The number of amides is 1. The zero-order valence-corrected chi connectivity index (χ0v) is 9.67. The fraction of sp³-hybridized carbons (Fsp3) is 0.333. The number of aromatic carboxylic acids is 1. The van der Waals surface area contributed by atoms with Crippen LogP contribution in [0.5, 0.6) is 0 Å². The van der Waals surface area contributed by atoms with E-state index in [0.29, 0.717) is 0 Å². The summed E-state index contributed by atoms with van der Waals surface area (Å²) < 4.78 is 35.4. The first-order valence-corrected chi connectivity index (χ1v) is 4.79. The SMILES string of the molecule is [2H]c1c([2H])c(C(=O)O)c([2H])c([2H])c1NC(=O)OC(C)(C)C. The highest BCUT2D eigenvalue weighted by Gasteiger charge is 2.16. The highest BCUT2D eigenvalue weighted by molar-refractivity contribution is 5.89. The van der Waals surface area contributed by atoms with Gasteiger partial charge in [-0.05, 0) is 44.9 Å². The number of ether oxygens (including phenoxy) is 1. The number of carbonyl (C=O) groups is 2. The lowest BCUT2D eigenvalue weighted by atomic mass is 10.2. The number of rotatable bonds is 2. The molecule has 0 saturated carbocycles. The molecule has 0 aliphatic carbocycles. The van der Waals surface area contributed by atoms with Crippen molar-refractivity contribution >= 4 is 17.7 Å². The van der Waals surface area contributed by atoms with Crippen molar-refractivity contribution in [3.8, 4) is 0 Å². The summed E-state index contributed by atoms with van der Waals surface area (Å²) >= 11 is 0. The van der Waals surface area contributed by atoms with Gasteiger partial charge in [-0.3, -0.25) is 5.32 Å². The first-order chi connectivity index (χ1) is 9.45. The standard InChI is InChI=1S/C12H15NO4/c1-12(2,3)17-11(16)13-9-6-4-8(5-7-9)10(14)15/h4-7H,1-3H3,(H,13,16)(H,14,15)/i4D,5D,6D,7D. The smallest absolute Gasteiger partial charge is 0.412 e.